The van der Waals surface area contributed by atoms with Gasteiger partial charge in [0.05, 0.1) is 117 Å². The molecule has 10 aromatic rings. The molecule has 0 saturated carbocycles. The van der Waals surface area contributed by atoms with Gasteiger partial charge in [-0.3, -0.25) is 39.9 Å². The van der Waals surface area contributed by atoms with Gasteiger partial charge in [-0.15, -0.1) is 0 Å². The first-order valence-corrected chi connectivity index (χ1v) is 38.0. The minimum Gasteiger partial charge on any atom is -1.00 e. The molecule has 2 aromatic carbocycles. The minimum atomic E-state index is -4.54. The van der Waals surface area contributed by atoms with Crippen LogP contribution in [0.25, 0.3) is 0 Å². The van der Waals surface area contributed by atoms with Gasteiger partial charge < -0.3 is 59.8 Å². The summed E-state index contributed by atoms with van der Waals surface area (Å²) >= 11 is 0. The third-order valence-corrected chi connectivity index (χ3v) is 20.5. The average Bonchev–Trinajstić information content (AvgIpc) is 0.761. The number of hydrogen-bond donors (Lipinski definition) is 0. The fourth-order valence-electron chi connectivity index (χ4n) is 9.02. The fraction of sp³-hybridized carbons (Fsp3) is 0.161. The van der Waals surface area contributed by atoms with Crippen molar-refractivity contribution in [1.82, 2.24) is 57.1 Å². The first-order chi connectivity index (χ1) is 46.3. The van der Waals surface area contributed by atoms with Crippen LogP contribution < -0.4 is 59.8 Å². The van der Waals surface area contributed by atoms with Crippen LogP contribution in [-0.4, -0.2) is 90.8 Å². The molecule has 0 spiro atoms. The molecule has 589 valence electrons. The number of benzene rings is 2. The molecular weight excluding hydrogens is 1940 g/mol. The van der Waals surface area contributed by atoms with Gasteiger partial charge in [0.15, 0.2) is 0 Å². The molecule has 8 aromatic heterocycles. The van der Waals surface area contributed by atoms with Gasteiger partial charge in [0.2, 0.25) is 40.1 Å². The number of nitrogens with zero attached hydrogens (tertiary/aromatic N) is 12. The van der Waals surface area contributed by atoms with Crippen molar-refractivity contribution in [2.75, 3.05) is 0 Å². The van der Waals surface area contributed by atoms with Gasteiger partial charge in [-0.2, -0.15) is 17.2 Å². The molecule has 22 nitrogen and oxygen atoms in total. The van der Waals surface area contributed by atoms with E-state index in [2.05, 4.69) is 127 Å². The summed E-state index contributed by atoms with van der Waals surface area (Å²) in [5, 5.41) is 27.9. The Balaban J connectivity index is -0.000000538. The Labute approximate surface area is 727 Å². The third kappa shape index (κ3) is 33.0. The largest absolute Gasteiger partial charge is 2.00 e. The van der Waals surface area contributed by atoms with E-state index in [9.17, 15) is 43.9 Å². The number of pyridine rings is 8. The zero-order chi connectivity index (χ0) is 70.3. The van der Waals surface area contributed by atoms with Gasteiger partial charge in [-0.05, 0) is 146 Å². The predicted octanol–water partition coefficient (Wildman–Crippen LogP) is 0.381. The summed E-state index contributed by atoms with van der Waals surface area (Å²) in [4.78, 5) is 31.4. The topological polar surface area (TPSA) is 299 Å². The number of aromatic nitrogens is 8. The summed E-state index contributed by atoms with van der Waals surface area (Å²) in [7, 11) is 14.7. The van der Waals surface area contributed by atoms with Gasteiger partial charge in [0.1, 0.15) is 0 Å². The summed E-state index contributed by atoms with van der Waals surface area (Å²) in [6, 6.07) is 45.5. The smallest absolute Gasteiger partial charge is 1.00 e. The van der Waals surface area contributed by atoms with Gasteiger partial charge in [0, 0.05) is 136 Å². The van der Waals surface area contributed by atoms with E-state index in [1.54, 1.807) is 159 Å². The van der Waals surface area contributed by atoms with E-state index >= 15 is 0 Å². The van der Waals surface area contributed by atoms with E-state index in [4.69, 9.17) is 0 Å². The van der Waals surface area contributed by atoms with E-state index in [-0.39, 0.29) is 198 Å². The predicted molar refractivity (Wildman–Crippen MR) is 368 cm³/mol. The van der Waals surface area contributed by atoms with Crippen molar-refractivity contribution in [3.05, 3.63) is 276 Å². The number of aryl methyl sites for hydroxylation is 2. The van der Waals surface area contributed by atoms with Crippen molar-refractivity contribution in [2.45, 2.75) is 85.8 Å². The Bertz CT molecular complexity index is 3750. The Hall–Kier alpha value is -3.04. The van der Waals surface area contributed by atoms with Crippen LogP contribution in [0.4, 0.5) is 0 Å². The van der Waals surface area contributed by atoms with Crippen molar-refractivity contribution in [1.29, 1.82) is 0 Å². The molecule has 1 radical (unpaired) electrons. The standard InChI is InChI=1S/2C31H30N6O5S2.4Cl2.4ClH.5Cu/c2*1-24-18-29(43(39,40)36(20-25-10-2-6-14-32-25)21-26-11-3-7-15-33-26)31(38)30(19-24)44(41,42)37(22-27-12-4-8-16-34-27)23-28-13-5-9-17-35-28;4*1-2;;;;;;;;;/h2*2-19,38H,20-23H2,1H3;;;;;4*1H;;;;;/q;;;;;;;;;;4*+1;+2/p-6. The van der Waals surface area contributed by atoms with Crippen LogP contribution in [0, 0.1) is 13.8 Å². The molecule has 43 heteroatoms. The summed E-state index contributed by atoms with van der Waals surface area (Å²) in [6.45, 7) is 1.76. The number of hydrogen-bond acceptors (Lipinski definition) is 18. The van der Waals surface area contributed by atoms with Gasteiger partial charge >= 0.3 is 85.3 Å². The maximum absolute atomic E-state index is 14.2. The molecule has 0 bridgehead atoms. The Morgan fingerprint density at radius 1 is 0.276 bits per heavy atom. The molecule has 0 fully saturated rings. The second kappa shape index (κ2) is 57.1. The normalized spacial score (nSPS) is 10.3. The van der Waals surface area contributed by atoms with Gasteiger partial charge in [0.25, 0.3) is 0 Å². The van der Waals surface area contributed by atoms with Crippen LogP contribution in [0.2, 0.25) is 0 Å². The monoisotopic (exact) mass is 1990 g/mol. The summed E-state index contributed by atoms with van der Waals surface area (Å²) in [5.74, 6) is -2.26. The van der Waals surface area contributed by atoms with Crippen LogP contribution >= 0.6 is 86.8 Å². The number of halogens is 12. The molecular formula is C62H58Cl12Cu5N12O10S4. The maximum Gasteiger partial charge on any atom is 2.00 e. The van der Waals surface area contributed by atoms with Crippen LogP contribution in [-0.2, 0) is 178 Å². The molecule has 0 atom stereocenters. The van der Waals surface area contributed by atoms with E-state index in [0.717, 1.165) is 17.2 Å². The molecule has 0 aliphatic heterocycles. The fourth-order valence-corrected chi connectivity index (χ4v) is 15.4. The first kappa shape index (κ1) is 111. The van der Waals surface area contributed by atoms with Crippen molar-refractivity contribution >= 4 is 127 Å². The van der Waals surface area contributed by atoms with Crippen molar-refractivity contribution < 1.29 is 179 Å². The number of rotatable bonds is 24. The van der Waals surface area contributed by atoms with Crippen molar-refractivity contribution in [3.63, 3.8) is 0 Å². The van der Waals surface area contributed by atoms with E-state index in [1.165, 1.54) is 73.8 Å². The molecule has 0 unspecified atom stereocenters. The molecule has 105 heavy (non-hydrogen) atoms. The van der Waals surface area contributed by atoms with Crippen LogP contribution in [0.5, 0.6) is 11.5 Å². The zero-order valence-electron chi connectivity index (χ0n) is 53.6. The first-order valence-electron chi connectivity index (χ1n) is 27.7. The molecule has 0 aliphatic rings. The average molecular weight is 2000 g/mol. The van der Waals surface area contributed by atoms with Crippen molar-refractivity contribution in [3.8, 4) is 11.5 Å². The second-order valence-corrected chi connectivity index (χ2v) is 27.5. The Kier molecular flexibility index (Phi) is 60.1. The Morgan fingerprint density at radius 2 is 0.400 bits per heavy atom. The molecule has 8 heterocycles. The maximum atomic E-state index is 14.2. The molecule has 0 N–H and O–H groups in total. The van der Waals surface area contributed by atoms with E-state index < -0.39 is 71.2 Å². The summed E-state index contributed by atoms with van der Waals surface area (Å²) in [5.41, 5.74) is 4.10. The third-order valence-electron chi connectivity index (χ3n) is 13.3. The molecule has 10 rings (SSSR count). The summed E-state index contributed by atoms with van der Waals surface area (Å²) in [6.07, 6.45) is 12.3. The quantitative estimate of drug-likeness (QED) is 0.0739. The van der Waals surface area contributed by atoms with Crippen LogP contribution in [0.3, 0.4) is 0 Å². The second-order valence-electron chi connectivity index (χ2n) is 19.8. The summed E-state index contributed by atoms with van der Waals surface area (Å²) < 4.78 is 118. The number of sulfonamides is 4. The van der Waals surface area contributed by atoms with E-state index in [1.807, 2.05) is 0 Å². The van der Waals surface area contributed by atoms with Crippen LogP contribution in [0.1, 0.15) is 56.7 Å². The molecule has 0 aliphatic carbocycles. The van der Waals surface area contributed by atoms with Gasteiger partial charge in [-0.1, -0.05) is 60.0 Å². The van der Waals surface area contributed by atoms with E-state index in [0.29, 0.717) is 45.6 Å². The van der Waals surface area contributed by atoms with Crippen LogP contribution in [0.15, 0.2) is 239 Å². The van der Waals surface area contributed by atoms with Crippen molar-refractivity contribution in [2.24, 2.45) is 0 Å². The SMILES string of the molecule is Cc1cc(S(=O)(=O)N(Cc2ccccn2)Cc2ccccn2)c([O-])c(S(=O)(=O)N(Cc2ccccn2)Cc2ccccn2)c1.Cc1cc(S(=O)(=O)N(Cc2ccccn2)Cc2ccccn2)c([O-])c(S(=O)(=O)N(Cc2ccccn2)Cc2ccccn2)c1.ClCl.ClCl.ClCl.ClCl.[Cl-].[Cl-].[Cl-].[Cl-].[Cu+2].[Cu+].[Cu+].[Cu+].[Cu+]. The molecule has 0 amide bonds. The zero-order valence-corrected chi connectivity index (χ0v) is 70.6. The van der Waals surface area contributed by atoms with Gasteiger partial charge in [-0.25, -0.2) is 33.7 Å². The Morgan fingerprint density at radius 3 is 0.505 bits per heavy atom. The minimum absolute atomic E-state index is 0. The molecule has 0 saturated heterocycles.